The van der Waals surface area contributed by atoms with Gasteiger partial charge in [-0.1, -0.05) is 57.2 Å². The molecule has 0 unspecified atom stereocenters. The predicted molar refractivity (Wildman–Crippen MR) is 98.3 cm³/mol. The van der Waals surface area contributed by atoms with Crippen LogP contribution >= 0.6 is 11.8 Å². The molecule has 0 saturated carbocycles. The number of hydrogen-bond acceptors (Lipinski definition) is 2. The van der Waals surface area contributed by atoms with Crippen molar-refractivity contribution in [3.8, 4) is 0 Å². The van der Waals surface area contributed by atoms with E-state index in [1.807, 2.05) is 11.8 Å². The lowest BCUT2D eigenvalue weighted by Gasteiger charge is -2.16. The Labute approximate surface area is 130 Å². The average molecular weight is 308 g/mol. The van der Waals surface area contributed by atoms with Crippen LogP contribution in [0.3, 0.4) is 0 Å². The molecular formula is C17H29NSSi. The minimum absolute atomic E-state index is 0.718. The maximum absolute atomic E-state index is 4.88. The van der Waals surface area contributed by atoms with E-state index in [1.54, 1.807) is 0 Å². The summed E-state index contributed by atoms with van der Waals surface area (Å²) in [5.41, 5.74) is 2.39. The van der Waals surface area contributed by atoms with E-state index in [0.29, 0.717) is 0 Å². The van der Waals surface area contributed by atoms with Gasteiger partial charge in [0.2, 0.25) is 0 Å². The summed E-state index contributed by atoms with van der Waals surface area (Å²) in [6.07, 6.45) is 1.14. The molecule has 1 aromatic rings. The molecule has 1 nitrogen and oxygen atoms in total. The number of aliphatic imine (C=N–C) groups is 1. The Morgan fingerprint density at radius 3 is 2.25 bits per heavy atom. The van der Waals surface area contributed by atoms with Crippen molar-refractivity contribution < 1.29 is 0 Å². The first-order valence-corrected chi connectivity index (χ1v) is 12.2. The highest BCUT2D eigenvalue weighted by molar-refractivity contribution is 8.13. The smallest absolute Gasteiger partial charge is 0.0735 e. The quantitative estimate of drug-likeness (QED) is 0.349. The molecule has 20 heavy (non-hydrogen) atoms. The lowest BCUT2D eigenvalue weighted by atomic mass is 10.2. The van der Waals surface area contributed by atoms with Gasteiger partial charge in [-0.3, -0.25) is 0 Å². The van der Waals surface area contributed by atoms with Gasteiger partial charge in [-0.05, 0) is 31.4 Å². The van der Waals surface area contributed by atoms with Gasteiger partial charge in [0.15, 0.2) is 0 Å². The summed E-state index contributed by atoms with van der Waals surface area (Å²) >= 11 is 1.94. The van der Waals surface area contributed by atoms with Crippen LogP contribution in [0.15, 0.2) is 29.3 Å². The fraction of sp³-hybridized carbons (Fsp3) is 0.588. The first kappa shape index (κ1) is 17.5. The van der Waals surface area contributed by atoms with Crippen LogP contribution in [0.2, 0.25) is 25.7 Å². The molecular weight excluding hydrogens is 278 g/mol. The van der Waals surface area contributed by atoms with Crippen molar-refractivity contribution in [2.24, 2.45) is 10.9 Å². The number of thioether (sulfide) groups is 1. The van der Waals surface area contributed by atoms with Crippen LogP contribution in [-0.2, 0) is 0 Å². The Kier molecular flexibility index (Phi) is 7.03. The van der Waals surface area contributed by atoms with Crippen LogP contribution in [-0.4, -0.2) is 18.9 Å². The van der Waals surface area contributed by atoms with Gasteiger partial charge < -0.3 is 0 Å². The fourth-order valence-corrected chi connectivity index (χ4v) is 3.78. The van der Waals surface area contributed by atoms with E-state index < -0.39 is 8.07 Å². The predicted octanol–water partition coefficient (Wildman–Crippen LogP) is 6.14. The molecule has 0 heterocycles. The molecule has 1 rings (SSSR count). The topological polar surface area (TPSA) is 12.4 Å². The number of nitrogens with zero attached hydrogens (tertiary/aromatic N) is 1. The van der Waals surface area contributed by atoms with Crippen molar-refractivity contribution in [3.63, 3.8) is 0 Å². The minimum atomic E-state index is -0.997. The van der Waals surface area contributed by atoms with Gasteiger partial charge in [-0.25, -0.2) is 4.99 Å². The van der Waals surface area contributed by atoms with Crippen molar-refractivity contribution in [1.29, 1.82) is 0 Å². The Bertz CT molecular complexity index is 429. The Morgan fingerprint density at radius 2 is 1.75 bits per heavy atom. The van der Waals surface area contributed by atoms with E-state index in [2.05, 4.69) is 64.7 Å². The van der Waals surface area contributed by atoms with E-state index in [-0.39, 0.29) is 0 Å². The monoisotopic (exact) mass is 307 g/mol. The second-order valence-corrected chi connectivity index (χ2v) is 13.8. The number of aryl methyl sites for hydroxylation is 1. The van der Waals surface area contributed by atoms with Crippen LogP contribution in [0.1, 0.15) is 25.8 Å². The summed E-state index contributed by atoms with van der Waals surface area (Å²) in [7, 11) is -0.997. The highest BCUT2D eigenvalue weighted by Gasteiger charge is 2.14. The van der Waals surface area contributed by atoms with Crippen LogP contribution in [0.4, 0.5) is 5.69 Å². The van der Waals surface area contributed by atoms with Crippen molar-refractivity contribution in [1.82, 2.24) is 0 Å². The second kappa shape index (κ2) is 8.04. The zero-order valence-corrected chi connectivity index (χ0v) is 15.7. The highest BCUT2D eigenvalue weighted by atomic mass is 32.2. The third kappa shape index (κ3) is 7.90. The molecule has 0 aromatic heterocycles. The minimum Gasteiger partial charge on any atom is -0.247 e. The third-order valence-corrected chi connectivity index (χ3v) is 6.17. The molecule has 0 spiro atoms. The molecule has 0 N–H and O–H groups in total. The van der Waals surface area contributed by atoms with Gasteiger partial charge in [0.05, 0.1) is 10.7 Å². The highest BCUT2D eigenvalue weighted by Crippen LogP contribution is 2.23. The molecule has 0 atom stereocenters. The number of hydrogen-bond donors (Lipinski definition) is 0. The standard InChI is InChI=1S/C17H29NSSi/c1-14(2)13-19-17(11-12-20(4,5)6)18-16-9-7-15(3)8-10-16/h7-10,14H,11-13H2,1-6H3. The van der Waals surface area contributed by atoms with Gasteiger partial charge in [0, 0.05) is 13.8 Å². The lowest BCUT2D eigenvalue weighted by Crippen LogP contribution is -2.20. The van der Waals surface area contributed by atoms with E-state index >= 15 is 0 Å². The SMILES string of the molecule is Cc1ccc(N=C(CC[Si](C)(C)C)SCC(C)C)cc1. The summed E-state index contributed by atoms with van der Waals surface area (Å²) < 4.78 is 0. The molecule has 0 aliphatic heterocycles. The van der Waals surface area contributed by atoms with E-state index in [4.69, 9.17) is 4.99 Å². The van der Waals surface area contributed by atoms with Crippen LogP contribution in [0.5, 0.6) is 0 Å². The zero-order chi connectivity index (χ0) is 15.2. The number of benzene rings is 1. The van der Waals surface area contributed by atoms with Crippen LogP contribution in [0.25, 0.3) is 0 Å². The third-order valence-electron chi connectivity index (χ3n) is 2.96. The summed E-state index contributed by atoms with van der Waals surface area (Å²) in [5.74, 6) is 1.88. The normalized spacial score (nSPS) is 13.1. The Balaban J connectivity index is 2.77. The first-order chi connectivity index (χ1) is 9.26. The number of rotatable bonds is 6. The summed E-state index contributed by atoms with van der Waals surface area (Å²) in [5, 5.41) is 1.31. The second-order valence-electron chi connectivity index (χ2n) is 7.11. The van der Waals surface area contributed by atoms with Crippen LogP contribution in [0, 0.1) is 12.8 Å². The molecule has 0 fully saturated rings. The molecule has 0 bridgehead atoms. The molecule has 0 aliphatic rings. The van der Waals surface area contributed by atoms with Gasteiger partial charge in [0.1, 0.15) is 0 Å². The first-order valence-electron chi connectivity index (χ1n) is 7.53. The van der Waals surface area contributed by atoms with Crippen molar-refractivity contribution in [2.75, 3.05) is 5.75 Å². The summed E-state index contributed by atoms with van der Waals surface area (Å²) in [6.45, 7) is 14.0. The lowest BCUT2D eigenvalue weighted by molar-refractivity contribution is 0.752. The largest absolute Gasteiger partial charge is 0.247 e. The zero-order valence-electron chi connectivity index (χ0n) is 13.9. The van der Waals surface area contributed by atoms with Gasteiger partial charge >= 0.3 is 0 Å². The molecule has 0 radical (unpaired) electrons. The maximum atomic E-state index is 4.88. The summed E-state index contributed by atoms with van der Waals surface area (Å²) in [6, 6.07) is 9.85. The summed E-state index contributed by atoms with van der Waals surface area (Å²) in [4.78, 5) is 4.88. The molecule has 1 aromatic carbocycles. The van der Waals surface area contributed by atoms with Gasteiger partial charge in [-0.2, -0.15) is 0 Å². The van der Waals surface area contributed by atoms with E-state index in [1.165, 1.54) is 16.7 Å². The van der Waals surface area contributed by atoms with Crippen LogP contribution < -0.4 is 0 Å². The molecule has 3 heteroatoms. The van der Waals surface area contributed by atoms with E-state index in [0.717, 1.165) is 23.8 Å². The van der Waals surface area contributed by atoms with Crippen molar-refractivity contribution in [2.45, 2.75) is 52.9 Å². The van der Waals surface area contributed by atoms with Gasteiger partial charge in [0.25, 0.3) is 0 Å². The van der Waals surface area contributed by atoms with Crippen molar-refractivity contribution in [3.05, 3.63) is 29.8 Å². The Morgan fingerprint density at radius 1 is 1.15 bits per heavy atom. The van der Waals surface area contributed by atoms with E-state index in [9.17, 15) is 0 Å². The average Bonchev–Trinajstić information content (AvgIpc) is 2.34. The van der Waals surface area contributed by atoms with Crippen molar-refractivity contribution >= 4 is 30.6 Å². The van der Waals surface area contributed by atoms with Gasteiger partial charge in [-0.15, -0.1) is 11.8 Å². The fourth-order valence-electron chi connectivity index (χ4n) is 1.67. The molecule has 0 saturated heterocycles. The molecule has 0 aliphatic carbocycles. The molecule has 112 valence electrons. The maximum Gasteiger partial charge on any atom is 0.0735 e. The molecule has 0 amide bonds. The Hall–Kier alpha value is -0.543.